The fraction of sp³-hybridized carbons (Fsp3) is 0.529. The van der Waals surface area contributed by atoms with Crippen LogP contribution in [-0.2, 0) is 6.54 Å². The first-order valence-electron chi connectivity index (χ1n) is 7.73. The maximum absolute atomic E-state index is 5.64. The van der Waals surface area contributed by atoms with Gasteiger partial charge < -0.3 is 4.42 Å². The summed E-state index contributed by atoms with van der Waals surface area (Å²) in [6.45, 7) is 10.2. The molecule has 0 saturated carbocycles. The molecule has 20 heavy (non-hydrogen) atoms. The lowest BCUT2D eigenvalue weighted by Crippen LogP contribution is -2.37. The smallest absolute Gasteiger partial charge is 0.134 e. The summed E-state index contributed by atoms with van der Waals surface area (Å²) in [5, 5.41) is 1.26. The molecule has 0 bridgehead atoms. The van der Waals surface area contributed by atoms with Crippen molar-refractivity contribution in [2.45, 2.75) is 32.9 Å². The van der Waals surface area contributed by atoms with Gasteiger partial charge in [0, 0.05) is 36.6 Å². The predicted octanol–water partition coefficient (Wildman–Crippen LogP) is 3.35. The number of benzene rings is 1. The summed E-state index contributed by atoms with van der Waals surface area (Å²) in [7, 11) is 0. The van der Waals surface area contributed by atoms with Gasteiger partial charge in [0.2, 0.25) is 0 Å². The molecule has 1 fully saturated rings. The van der Waals surface area contributed by atoms with Crippen molar-refractivity contribution in [3.05, 3.63) is 36.1 Å². The number of rotatable bonds is 5. The Hall–Kier alpha value is -1.32. The van der Waals surface area contributed by atoms with Crippen LogP contribution in [0.5, 0.6) is 0 Å². The molecule has 3 heteroatoms. The molecule has 1 aromatic heterocycles. The van der Waals surface area contributed by atoms with Gasteiger partial charge in [-0.05, 0) is 25.6 Å². The second kappa shape index (κ2) is 5.98. The fourth-order valence-corrected chi connectivity index (χ4v) is 3.39. The standard InChI is InChI=1S/C17H24N2O/c1-3-19(4-2)15-9-10-18(12-15)11-14-13-20-17-8-6-5-7-16(14)17/h5-8,13,15H,3-4,9-12H2,1-2H3. The van der Waals surface area contributed by atoms with E-state index in [0.29, 0.717) is 0 Å². The lowest BCUT2D eigenvalue weighted by Gasteiger charge is -2.26. The van der Waals surface area contributed by atoms with Crippen LogP contribution in [0.3, 0.4) is 0 Å². The van der Waals surface area contributed by atoms with E-state index in [2.05, 4.69) is 35.8 Å². The van der Waals surface area contributed by atoms with Crippen LogP contribution in [-0.4, -0.2) is 42.0 Å². The van der Waals surface area contributed by atoms with Crippen LogP contribution in [0, 0.1) is 0 Å². The second-order valence-electron chi connectivity index (χ2n) is 5.66. The second-order valence-corrected chi connectivity index (χ2v) is 5.66. The summed E-state index contributed by atoms with van der Waals surface area (Å²) in [6.07, 6.45) is 3.22. The highest BCUT2D eigenvalue weighted by molar-refractivity contribution is 5.80. The van der Waals surface area contributed by atoms with E-state index < -0.39 is 0 Å². The summed E-state index contributed by atoms with van der Waals surface area (Å²) in [4.78, 5) is 5.13. The van der Waals surface area contributed by atoms with E-state index in [4.69, 9.17) is 4.42 Å². The van der Waals surface area contributed by atoms with Crippen LogP contribution in [0.25, 0.3) is 11.0 Å². The Kier molecular flexibility index (Phi) is 4.08. The Morgan fingerprint density at radius 2 is 2.05 bits per heavy atom. The third-order valence-corrected chi connectivity index (χ3v) is 4.53. The van der Waals surface area contributed by atoms with Crippen LogP contribution < -0.4 is 0 Å². The van der Waals surface area contributed by atoms with Crippen LogP contribution in [0.1, 0.15) is 25.8 Å². The number of furan rings is 1. The van der Waals surface area contributed by atoms with Gasteiger partial charge in [-0.15, -0.1) is 0 Å². The molecule has 0 spiro atoms. The van der Waals surface area contributed by atoms with Gasteiger partial charge in [0.1, 0.15) is 5.58 Å². The van der Waals surface area contributed by atoms with Crippen molar-refractivity contribution < 1.29 is 4.42 Å². The minimum absolute atomic E-state index is 0.725. The normalized spacial score (nSPS) is 20.2. The number of hydrogen-bond acceptors (Lipinski definition) is 3. The first kappa shape index (κ1) is 13.7. The SMILES string of the molecule is CCN(CC)C1CCN(Cc2coc3ccccc23)C1. The van der Waals surface area contributed by atoms with Crippen molar-refractivity contribution in [3.63, 3.8) is 0 Å². The van der Waals surface area contributed by atoms with Crippen LogP contribution in [0.2, 0.25) is 0 Å². The summed E-state index contributed by atoms with van der Waals surface area (Å²) in [6, 6.07) is 9.04. The summed E-state index contributed by atoms with van der Waals surface area (Å²) in [5.74, 6) is 0. The van der Waals surface area contributed by atoms with Crippen molar-refractivity contribution in [2.75, 3.05) is 26.2 Å². The van der Waals surface area contributed by atoms with Crippen LogP contribution >= 0.6 is 0 Å². The minimum Gasteiger partial charge on any atom is -0.464 e. The van der Waals surface area contributed by atoms with E-state index in [-0.39, 0.29) is 0 Å². The van der Waals surface area contributed by atoms with Crippen molar-refractivity contribution in [2.24, 2.45) is 0 Å². The zero-order valence-electron chi connectivity index (χ0n) is 12.5. The van der Waals surface area contributed by atoms with Gasteiger partial charge in [-0.1, -0.05) is 32.0 Å². The molecule has 0 N–H and O–H groups in total. The van der Waals surface area contributed by atoms with Gasteiger partial charge >= 0.3 is 0 Å². The quantitative estimate of drug-likeness (QED) is 0.832. The predicted molar refractivity (Wildman–Crippen MR) is 82.8 cm³/mol. The molecule has 0 amide bonds. The molecule has 1 aliphatic heterocycles. The molecule has 3 rings (SSSR count). The number of hydrogen-bond donors (Lipinski definition) is 0. The largest absolute Gasteiger partial charge is 0.464 e. The maximum atomic E-state index is 5.64. The molecule has 1 aromatic carbocycles. The summed E-state index contributed by atoms with van der Waals surface area (Å²) in [5.41, 5.74) is 2.32. The highest BCUT2D eigenvalue weighted by Gasteiger charge is 2.26. The Balaban J connectivity index is 1.67. The Labute approximate surface area is 121 Å². The molecule has 1 unspecified atom stereocenters. The highest BCUT2D eigenvalue weighted by Crippen LogP contribution is 2.24. The van der Waals surface area contributed by atoms with Crippen molar-refractivity contribution in [3.8, 4) is 0 Å². The van der Waals surface area contributed by atoms with Crippen molar-refractivity contribution >= 4 is 11.0 Å². The highest BCUT2D eigenvalue weighted by atomic mass is 16.3. The summed E-state index contributed by atoms with van der Waals surface area (Å²) >= 11 is 0. The minimum atomic E-state index is 0.725. The molecule has 1 aliphatic rings. The number of nitrogens with zero attached hydrogens (tertiary/aromatic N) is 2. The molecule has 0 aliphatic carbocycles. The van der Waals surface area contributed by atoms with E-state index in [9.17, 15) is 0 Å². The van der Waals surface area contributed by atoms with Gasteiger partial charge in [-0.2, -0.15) is 0 Å². The molecule has 0 radical (unpaired) electrons. The lowest BCUT2D eigenvalue weighted by atomic mass is 10.1. The lowest BCUT2D eigenvalue weighted by molar-refractivity contribution is 0.209. The molecule has 108 valence electrons. The van der Waals surface area contributed by atoms with Gasteiger partial charge in [-0.3, -0.25) is 9.80 Å². The first-order chi connectivity index (χ1) is 9.81. The molecular weight excluding hydrogens is 248 g/mol. The number of fused-ring (bicyclic) bond motifs is 1. The van der Waals surface area contributed by atoms with Gasteiger partial charge in [-0.25, -0.2) is 0 Å². The molecule has 1 saturated heterocycles. The van der Waals surface area contributed by atoms with Gasteiger partial charge in [0.15, 0.2) is 0 Å². The van der Waals surface area contributed by atoms with Gasteiger partial charge in [0.25, 0.3) is 0 Å². The average molecular weight is 272 g/mol. The molecule has 2 aromatic rings. The van der Waals surface area contributed by atoms with E-state index >= 15 is 0 Å². The molecular formula is C17H24N2O. The third-order valence-electron chi connectivity index (χ3n) is 4.53. The van der Waals surface area contributed by atoms with E-state index in [1.807, 2.05) is 18.4 Å². The number of likely N-dealkylation sites (tertiary alicyclic amines) is 1. The van der Waals surface area contributed by atoms with E-state index in [0.717, 1.165) is 31.3 Å². The van der Waals surface area contributed by atoms with Gasteiger partial charge in [0.05, 0.1) is 6.26 Å². The third kappa shape index (κ3) is 2.60. The monoisotopic (exact) mass is 272 g/mol. The number of likely N-dealkylation sites (N-methyl/N-ethyl adjacent to an activating group) is 1. The van der Waals surface area contributed by atoms with E-state index in [1.54, 1.807) is 0 Å². The fourth-order valence-electron chi connectivity index (χ4n) is 3.39. The zero-order chi connectivity index (χ0) is 13.9. The molecule has 1 atom stereocenters. The average Bonchev–Trinajstić information content (AvgIpc) is 3.09. The first-order valence-corrected chi connectivity index (χ1v) is 7.73. The Bertz CT molecular complexity index is 559. The summed E-state index contributed by atoms with van der Waals surface area (Å²) < 4.78 is 5.64. The number of para-hydroxylation sites is 1. The van der Waals surface area contributed by atoms with Crippen molar-refractivity contribution in [1.82, 2.24) is 9.80 Å². The zero-order valence-corrected chi connectivity index (χ0v) is 12.5. The molecule has 2 heterocycles. The molecule has 3 nitrogen and oxygen atoms in total. The van der Waals surface area contributed by atoms with E-state index in [1.165, 1.54) is 30.5 Å². The topological polar surface area (TPSA) is 19.6 Å². The maximum Gasteiger partial charge on any atom is 0.134 e. The Morgan fingerprint density at radius 1 is 1.25 bits per heavy atom. The Morgan fingerprint density at radius 3 is 2.85 bits per heavy atom. The van der Waals surface area contributed by atoms with Crippen LogP contribution in [0.15, 0.2) is 34.9 Å². The van der Waals surface area contributed by atoms with Crippen molar-refractivity contribution in [1.29, 1.82) is 0 Å². The van der Waals surface area contributed by atoms with Crippen LogP contribution in [0.4, 0.5) is 0 Å².